The first kappa shape index (κ1) is 29.8. The van der Waals surface area contributed by atoms with E-state index in [1.807, 2.05) is 35.9 Å². The molecule has 0 aromatic heterocycles. The summed E-state index contributed by atoms with van der Waals surface area (Å²) in [5.74, 6) is -1.64. The summed E-state index contributed by atoms with van der Waals surface area (Å²) in [6, 6.07) is 5.04. The molecule has 0 aliphatic carbocycles. The monoisotopic (exact) mass is 481 g/mol. The number of phenolic OH excluding ortho intramolecular Hbond substituents is 1. The average molecular weight is 482 g/mol. The molecule has 35 heavy (non-hydrogen) atoms. The Bertz CT molecular complexity index is 866. The summed E-state index contributed by atoms with van der Waals surface area (Å²) in [6.45, 7) is 2.24. The van der Waals surface area contributed by atoms with Crippen molar-refractivity contribution in [3.8, 4) is 5.75 Å². The second-order valence-electron chi connectivity index (χ2n) is 8.14. The Balaban J connectivity index is 2.22. The highest BCUT2D eigenvalue weighted by Gasteiger charge is 2.21. The van der Waals surface area contributed by atoms with E-state index in [1.165, 1.54) is 63.2 Å². The van der Waals surface area contributed by atoms with Crippen molar-refractivity contribution in [2.24, 2.45) is 0 Å². The lowest BCUT2D eigenvalue weighted by Crippen LogP contribution is -2.38. The summed E-state index contributed by atoms with van der Waals surface area (Å²) in [5, 5.41) is 18.5. The van der Waals surface area contributed by atoms with Crippen molar-refractivity contribution < 1.29 is 24.6 Å². The summed E-state index contributed by atoms with van der Waals surface area (Å²) in [7, 11) is 0. The van der Waals surface area contributed by atoms with E-state index in [0.717, 1.165) is 12.5 Å². The van der Waals surface area contributed by atoms with Gasteiger partial charge in [-0.25, -0.2) is 9.59 Å². The molecule has 0 saturated carbocycles. The molecule has 6 nitrogen and oxygen atoms in total. The number of hydrogen-bond donors (Lipinski definition) is 3. The second kappa shape index (κ2) is 20.2. The van der Waals surface area contributed by atoms with Crippen LogP contribution in [0.15, 0.2) is 85.0 Å². The van der Waals surface area contributed by atoms with E-state index in [-0.39, 0.29) is 12.2 Å². The number of phenols is 1. The van der Waals surface area contributed by atoms with Crippen LogP contribution in [-0.4, -0.2) is 28.3 Å². The van der Waals surface area contributed by atoms with Crippen LogP contribution in [0.1, 0.15) is 63.9 Å². The largest absolute Gasteiger partial charge is 0.508 e. The normalized spacial score (nSPS) is 13.1. The third-order valence-corrected chi connectivity index (χ3v) is 5.14. The fourth-order valence-corrected chi connectivity index (χ4v) is 3.17. The van der Waals surface area contributed by atoms with Crippen LogP contribution in [0, 0.1) is 0 Å². The minimum absolute atomic E-state index is 0.0926. The number of benzene rings is 1. The zero-order chi connectivity index (χ0) is 25.6. The topological polar surface area (TPSA) is 95.9 Å². The van der Waals surface area contributed by atoms with Crippen molar-refractivity contribution in [1.82, 2.24) is 5.48 Å². The van der Waals surface area contributed by atoms with Crippen molar-refractivity contribution in [3.63, 3.8) is 0 Å². The highest BCUT2D eigenvalue weighted by molar-refractivity contribution is 5.94. The van der Waals surface area contributed by atoms with Gasteiger partial charge in [0.25, 0.3) is 0 Å². The molecular weight excluding hydrogens is 442 g/mol. The lowest BCUT2D eigenvalue weighted by Gasteiger charge is -2.12. The standard InChI is InChI=1S/C29H39NO5/c1-2-3-4-5-6-7-8-9-10-11-12-13-14-15-16-17-18-19-28(32)35-29(33)27(30-34)24-25-20-22-26(31)23-21-25/h10-23,27,30-31,34H,2-9,24H2,1H3/t27-/m0/s1. The number of rotatable bonds is 17. The van der Waals surface area contributed by atoms with Crippen molar-refractivity contribution >= 4 is 11.9 Å². The van der Waals surface area contributed by atoms with Gasteiger partial charge in [0.2, 0.25) is 0 Å². The van der Waals surface area contributed by atoms with Crippen molar-refractivity contribution in [1.29, 1.82) is 0 Å². The number of allylic oxidation sites excluding steroid dienone is 9. The molecule has 0 radical (unpaired) electrons. The number of nitrogens with one attached hydrogen (secondary N) is 1. The number of hydroxylamine groups is 1. The number of aromatic hydroxyl groups is 1. The lowest BCUT2D eigenvalue weighted by molar-refractivity contribution is -0.159. The fourth-order valence-electron chi connectivity index (χ4n) is 3.17. The average Bonchev–Trinajstić information content (AvgIpc) is 2.85. The quantitative estimate of drug-likeness (QED) is 0.0606. The maximum atomic E-state index is 12.0. The van der Waals surface area contributed by atoms with Crippen LogP contribution in [0.25, 0.3) is 0 Å². The Morgan fingerprint density at radius 2 is 1.43 bits per heavy atom. The molecule has 0 unspecified atom stereocenters. The van der Waals surface area contributed by atoms with Gasteiger partial charge in [0, 0.05) is 12.5 Å². The predicted octanol–water partition coefficient (Wildman–Crippen LogP) is 6.27. The molecule has 6 heteroatoms. The molecule has 3 N–H and O–H groups in total. The molecule has 0 amide bonds. The molecule has 1 aromatic rings. The number of ether oxygens (including phenoxy) is 1. The molecule has 190 valence electrons. The number of carbonyl (C=O) groups excluding carboxylic acids is 2. The Morgan fingerprint density at radius 3 is 2.06 bits per heavy atom. The summed E-state index contributed by atoms with van der Waals surface area (Å²) in [6.07, 6.45) is 28.3. The van der Waals surface area contributed by atoms with E-state index in [2.05, 4.69) is 13.0 Å². The third kappa shape index (κ3) is 16.1. The molecule has 0 spiro atoms. The Hall–Kier alpha value is -3.22. The molecule has 0 heterocycles. The van der Waals surface area contributed by atoms with E-state index in [0.29, 0.717) is 5.56 Å². The van der Waals surface area contributed by atoms with Crippen LogP contribution in [-0.2, 0) is 20.7 Å². The molecule has 1 aromatic carbocycles. The fraction of sp³-hybridized carbons (Fsp3) is 0.379. The molecule has 0 fully saturated rings. The van der Waals surface area contributed by atoms with Gasteiger partial charge in [-0.1, -0.05) is 112 Å². The van der Waals surface area contributed by atoms with Gasteiger partial charge in [0.1, 0.15) is 11.8 Å². The lowest BCUT2D eigenvalue weighted by atomic mass is 10.1. The van der Waals surface area contributed by atoms with Crippen LogP contribution in [0.3, 0.4) is 0 Å². The van der Waals surface area contributed by atoms with Crippen LogP contribution in [0.5, 0.6) is 5.75 Å². The molecule has 0 aliphatic rings. The first-order chi connectivity index (χ1) is 17.1. The van der Waals surface area contributed by atoms with Gasteiger partial charge in [-0.15, -0.1) is 0 Å². The van der Waals surface area contributed by atoms with Gasteiger partial charge in [-0.05, 0) is 30.5 Å². The Morgan fingerprint density at radius 1 is 0.857 bits per heavy atom. The third-order valence-electron chi connectivity index (χ3n) is 5.14. The van der Waals surface area contributed by atoms with Crippen LogP contribution in [0.2, 0.25) is 0 Å². The van der Waals surface area contributed by atoms with Crippen LogP contribution < -0.4 is 5.48 Å². The maximum absolute atomic E-state index is 12.0. The summed E-state index contributed by atoms with van der Waals surface area (Å²) in [4.78, 5) is 23.8. The van der Waals surface area contributed by atoms with Gasteiger partial charge >= 0.3 is 11.9 Å². The van der Waals surface area contributed by atoms with Gasteiger partial charge in [0.15, 0.2) is 0 Å². The van der Waals surface area contributed by atoms with Crippen LogP contribution >= 0.6 is 0 Å². The second-order valence-corrected chi connectivity index (χ2v) is 8.14. The minimum atomic E-state index is -1.10. The van der Waals surface area contributed by atoms with Gasteiger partial charge in [0.05, 0.1) is 0 Å². The van der Waals surface area contributed by atoms with E-state index < -0.39 is 18.0 Å². The van der Waals surface area contributed by atoms with E-state index in [4.69, 9.17) is 4.74 Å². The predicted molar refractivity (Wildman–Crippen MR) is 140 cm³/mol. The maximum Gasteiger partial charge on any atom is 0.338 e. The van der Waals surface area contributed by atoms with Crippen molar-refractivity contribution in [2.45, 2.75) is 70.8 Å². The van der Waals surface area contributed by atoms with Gasteiger partial charge < -0.3 is 15.1 Å². The van der Waals surface area contributed by atoms with Gasteiger partial charge in [-0.2, -0.15) is 5.48 Å². The summed E-state index contributed by atoms with van der Waals surface area (Å²) >= 11 is 0. The van der Waals surface area contributed by atoms with Crippen molar-refractivity contribution in [2.75, 3.05) is 0 Å². The highest BCUT2D eigenvalue weighted by atomic mass is 16.6. The number of hydrogen-bond acceptors (Lipinski definition) is 6. The van der Waals surface area contributed by atoms with E-state index in [1.54, 1.807) is 24.3 Å². The zero-order valence-corrected chi connectivity index (χ0v) is 20.6. The highest BCUT2D eigenvalue weighted by Crippen LogP contribution is 2.12. The number of esters is 2. The Labute approximate surface area is 209 Å². The SMILES string of the molecule is CCCCCCCCCC=CC=CC=CC=CC=CC(=O)OC(=O)[C@H](Cc1ccc(O)cc1)NO. The molecule has 1 rings (SSSR count). The first-order valence-electron chi connectivity index (χ1n) is 12.3. The Kier molecular flexibility index (Phi) is 17.2. The molecule has 1 atom stereocenters. The van der Waals surface area contributed by atoms with E-state index in [9.17, 15) is 19.9 Å². The molecule has 0 saturated heterocycles. The minimum Gasteiger partial charge on any atom is -0.508 e. The molecular formula is C29H39NO5. The number of unbranched alkanes of at least 4 members (excludes halogenated alkanes) is 7. The molecule has 0 aliphatic heterocycles. The first-order valence-corrected chi connectivity index (χ1v) is 12.3. The van der Waals surface area contributed by atoms with Gasteiger partial charge in [-0.3, -0.25) is 0 Å². The number of carbonyl (C=O) groups is 2. The summed E-state index contributed by atoms with van der Waals surface area (Å²) in [5.41, 5.74) is 2.53. The smallest absolute Gasteiger partial charge is 0.338 e. The zero-order valence-electron chi connectivity index (χ0n) is 20.6. The van der Waals surface area contributed by atoms with E-state index >= 15 is 0 Å². The molecule has 0 bridgehead atoms. The van der Waals surface area contributed by atoms with Crippen LogP contribution in [0.4, 0.5) is 0 Å². The summed E-state index contributed by atoms with van der Waals surface area (Å²) < 4.78 is 4.72. The van der Waals surface area contributed by atoms with Crippen molar-refractivity contribution in [3.05, 3.63) is 90.6 Å².